The van der Waals surface area contributed by atoms with Crippen LogP contribution >= 0.6 is 0 Å². The predicted molar refractivity (Wildman–Crippen MR) is 99.1 cm³/mol. The third-order valence-corrected chi connectivity index (χ3v) is 5.01. The Hall–Kier alpha value is -2.61. The zero-order valence-corrected chi connectivity index (χ0v) is 15.4. The van der Waals surface area contributed by atoms with E-state index in [-0.39, 0.29) is 23.2 Å². The first-order chi connectivity index (χ1) is 13.1. The first-order valence-electron chi connectivity index (χ1n) is 8.86. The van der Waals surface area contributed by atoms with Crippen LogP contribution in [0.15, 0.2) is 58.5 Å². The average molecular weight is 393 g/mol. The number of hydrogen-bond acceptors (Lipinski definition) is 4. The van der Waals surface area contributed by atoms with Gasteiger partial charge in [-0.3, -0.25) is 10.2 Å². The molecule has 0 unspecified atom stereocenters. The molecule has 28 heavy (non-hydrogen) atoms. The van der Waals surface area contributed by atoms with Crippen molar-refractivity contribution in [3.8, 4) is 0 Å². The molecule has 0 saturated heterocycles. The smallest absolute Gasteiger partial charge is 0.322 e. The maximum absolute atomic E-state index is 13.4. The van der Waals surface area contributed by atoms with E-state index in [1.807, 2.05) is 18.7 Å². The molecule has 1 aromatic rings. The minimum Gasteiger partial charge on any atom is -0.322 e. The van der Waals surface area contributed by atoms with Crippen LogP contribution in [0.1, 0.15) is 25.8 Å². The second-order valence-corrected chi connectivity index (χ2v) is 7.90. The molecule has 1 N–H and O–H groups in total. The Labute approximate surface area is 159 Å². The van der Waals surface area contributed by atoms with Gasteiger partial charge < -0.3 is 4.90 Å². The molecule has 148 valence electrons. The molecule has 0 amide bonds. The van der Waals surface area contributed by atoms with Gasteiger partial charge in [-0.25, -0.2) is 9.45 Å². The van der Waals surface area contributed by atoms with Crippen LogP contribution in [0, 0.1) is 5.41 Å². The van der Waals surface area contributed by atoms with Gasteiger partial charge in [0.1, 0.15) is 11.5 Å². The van der Waals surface area contributed by atoms with Gasteiger partial charge in [0.25, 0.3) is 0 Å². The van der Waals surface area contributed by atoms with E-state index in [4.69, 9.17) is 0 Å². The van der Waals surface area contributed by atoms with Crippen molar-refractivity contribution in [2.45, 2.75) is 26.4 Å². The first-order valence-corrected chi connectivity index (χ1v) is 8.86. The van der Waals surface area contributed by atoms with Crippen molar-refractivity contribution in [1.29, 1.82) is 0 Å². The summed E-state index contributed by atoms with van der Waals surface area (Å²) in [5.41, 5.74) is 0.296. The third-order valence-electron chi connectivity index (χ3n) is 5.01. The van der Waals surface area contributed by atoms with Crippen molar-refractivity contribution < 1.29 is 22.8 Å². The Morgan fingerprint density at radius 2 is 1.89 bits per heavy atom. The van der Waals surface area contributed by atoms with Gasteiger partial charge in [-0.05, 0) is 42.3 Å². The Morgan fingerprint density at radius 1 is 1.14 bits per heavy atom. The van der Waals surface area contributed by atoms with Crippen LogP contribution in [-0.2, 0) is 6.18 Å². The van der Waals surface area contributed by atoms with E-state index in [0.717, 1.165) is 17.2 Å². The van der Waals surface area contributed by atoms with Gasteiger partial charge in [-0.15, -0.1) is 0 Å². The van der Waals surface area contributed by atoms with E-state index < -0.39 is 17.6 Å². The van der Waals surface area contributed by atoms with Crippen molar-refractivity contribution in [3.05, 3.63) is 59.1 Å². The SMILES string of the molecule is CC1(C)CN=C2C(=C3C=CC(F)=CC3)N(O)c3cc(C(F)(F)F)ccc3N2C1. The number of aliphatic imine (C=N–C) groups is 1. The number of rotatable bonds is 0. The topological polar surface area (TPSA) is 39.1 Å². The van der Waals surface area contributed by atoms with Crippen molar-refractivity contribution >= 4 is 17.2 Å². The van der Waals surface area contributed by atoms with Gasteiger partial charge in [-0.2, -0.15) is 13.2 Å². The maximum Gasteiger partial charge on any atom is 0.416 e. The summed E-state index contributed by atoms with van der Waals surface area (Å²) in [7, 11) is 0. The van der Waals surface area contributed by atoms with E-state index in [1.165, 1.54) is 24.3 Å². The molecule has 0 saturated carbocycles. The quantitative estimate of drug-likeness (QED) is 0.614. The number of fused-ring (bicyclic) bond motifs is 3. The highest BCUT2D eigenvalue weighted by Crippen LogP contribution is 2.44. The zero-order valence-electron chi connectivity index (χ0n) is 15.4. The number of amidine groups is 1. The number of nitrogens with zero attached hydrogens (tertiary/aromatic N) is 3. The molecule has 0 fully saturated rings. The summed E-state index contributed by atoms with van der Waals surface area (Å²) in [6.07, 6.45) is -0.185. The highest BCUT2D eigenvalue weighted by atomic mass is 19.4. The Kier molecular flexibility index (Phi) is 4.15. The van der Waals surface area contributed by atoms with Gasteiger partial charge in [0.15, 0.2) is 5.84 Å². The standard InChI is InChI=1S/C20H19F4N3O/c1-19(2)10-25-18-17(12-3-6-14(21)7-4-12)27(28)16-9-13(20(22,23)24)5-8-15(16)26(18)11-19/h3,5-9,28H,4,10-11H2,1-2H3. The second-order valence-electron chi connectivity index (χ2n) is 7.90. The first kappa shape index (κ1) is 18.7. The summed E-state index contributed by atoms with van der Waals surface area (Å²) in [6.45, 7) is 5.08. The highest BCUT2D eigenvalue weighted by molar-refractivity contribution is 6.17. The van der Waals surface area contributed by atoms with E-state index in [0.29, 0.717) is 30.2 Å². The molecular formula is C20H19F4N3O. The van der Waals surface area contributed by atoms with Crippen LogP contribution in [0.5, 0.6) is 0 Å². The van der Waals surface area contributed by atoms with Crippen LogP contribution in [0.25, 0.3) is 0 Å². The lowest BCUT2D eigenvalue weighted by Gasteiger charge is -2.45. The summed E-state index contributed by atoms with van der Waals surface area (Å²) in [4.78, 5) is 6.44. The number of halogens is 4. The summed E-state index contributed by atoms with van der Waals surface area (Å²) in [5.74, 6) is 0.0809. The maximum atomic E-state index is 13.4. The van der Waals surface area contributed by atoms with Crippen molar-refractivity contribution in [2.24, 2.45) is 10.4 Å². The van der Waals surface area contributed by atoms with E-state index in [9.17, 15) is 22.8 Å². The van der Waals surface area contributed by atoms with E-state index in [2.05, 4.69) is 4.99 Å². The van der Waals surface area contributed by atoms with Crippen LogP contribution in [-0.4, -0.2) is 24.1 Å². The zero-order chi connectivity index (χ0) is 20.3. The molecule has 1 aliphatic carbocycles. The van der Waals surface area contributed by atoms with Crippen molar-refractivity contribution in [3.63, 3.8) is 0 Å². The van der Waals surface area contributed by atoms with Crippen molar-refractivity contribution in [1.82, 2.24) is 0 Å². The fourth-order valence-electron chi connectivity index (χ4n) is 3.62. The molecule has 2 aliphatic heterocycles. The van der Waals surface area contributed by atoms with Gasteiger partial charge in [0.2, 0.25) is 0 Å². The molecule has 0 spiro atoms. The van der Waals surface area contributed by atoms with Crippen LogP contribution < -0.4 is 9.96 Å². The minimum absolute atomic E-state index is 0.0254. The number of alkyl halides is 3. The fourth-order valence-corrected chi connectivity index (χ4v) is 3.62. The molecule has 1 aromatic carbocycles. The summed E-state index contributed by atoms with van der Waals surface area (Å²) in [5, 5.41) is 11.6. The van der Waals surface area contributed by atoms with Gasteiger partial charge in [0.05, 0.1) is 16.9 Å². The van der Waals surface area contributed by atoms with Gasteiger partial charge in [0, 0.05) is 18.5 Å². The number of allylic oxidation sites excluding steroid dienone is 5. The molecule has 0 radical (unpaired) electrons. The predicted octanol–water partition coefficient (Wildman–Crippen LogP) is 5.23. The fraction of sp³-hybridized carbons (Fsp3) is 0.350. The van der Waals surface area contributed by atoms with Gasteiger partial charge >= 0.3 is 6.18 Å². The number of hydrogen-bond donors (Lipinski definition) is 1. The van der Waals surface area contributed by atoms with E-state index in [1.54, 1.807) is 0 Å². The summed E-state index contributed by atoms with van der Waals surface area (Å²) >= 11 is 0. The summed E-state index contributed by atoms with van der Waals surface area (Å²) < 4.78 is 53.1. The third kappa shape index (κ3) is 3.11. The van der Waals surface area contributed by atoms with E-state index >= 15 is 0 Å². The van der Waals surface area contributed by atoms with Crippen LogP contribution in [0.4, 0.5) is 28.9 Å². The lowest BCUT2D eigenvalue weighted by atomic mass is 9.89. The van der Waals surface area contributed by atoms with Crippen LogP contribution in [0.2, 0.25) is 0 Å². The number of benzene rings is 1. The normalized spacial score (nSPS) is 23.8. The number of anilines is 2. The minimum atomic E-state index is -4.53. The molecule has 0 aromatic heterocycles. The average Bonchev–Trinajstić information content (AvgIpc) is 2.62. The molecular weight excluding hydrogens is 374 g/mol. The molecule has 3 aliphatic rings. The largest absolute Gasteiger partial charge is 0.416 e. The molecule has 8 heteroatoms. The molecule has 4 nitrogen and oxygen atoms in total. The molecule has 0 bridgehead atoms. The van der Waals surface area contributed by atoms with Gasteiger partial charge in [-0.1, -0.05) is 19.9 Å². The molecule has 4 rings (SSSR count). The lowest BCUT2D eigenvalue weighted by molar-refractivity contribution is -0.137. The second kappa shape index (κ2) is 6.20. The van der Waals surface area contributed by atoms with Crippen molar-refractivity contribution in [2.75, 3.05) is 23.1 Å². The monoisotopic (exact) mass is 393 g/mol. The van der Waals surface area contributed by atoms with Crippen LogP contribution in [0.3, 0.4) is 0 Å². The molecule has 2 heterocycles. The highest BCUT2D eigenvalue weighted by Gasteiger charge is 2.41. The Bertz CT molecular complexity index is 957. The molecule has 0 atom stereocenters. The summed E-state index contributed by atoms with van der Waals surface area (Å²) in [6, 6.07) is 3.29. The Balaban J connectivity index is 1.92. The number of hydroxylamine groups is 1. The lowest BCUT2D eigenvalue weighted by Crippen LogP contribution is -2.51. The Morgan fingerprint density at radius 3 is 2.54 bits per heavy atom.